The molecule has 0 atom stereocenters. The van der Waals surface area contributed by atoms with E-state index in [1.807, 2.05) is 0 Å². The van der Waals surface area contributed by atoms with Gasteiger partial charge in [0.2, 0.25) is 5.91 Å². The first kappa shape index (κ1) is 12.2. The van der Waals surface area contributed by atoms with Gasteiger partial charge in [-0.2, -0.15) is 0 Å². The minimum atomic E-state index is -1.00. The topological polar surface area (TPSA) is 75.6 Å². The average Bonchev–Trinajstić information content (AvgIpc) is 2.27. The highest BCUT2D eigenvalue weighted by atomic mass is 16.5. The van der Waals surface area contributed by atoms with E-state index in [1.54, 1.807) is 18.2 Å². The summed E-state index contributed by atoms with van der Waals surface area (Å²) in [5.74, 6) is -1.28. The molecule has 0 aliphatic carbocycles. The molecule has 5 heteroatoms. The number of carboxylic acids is 1. The number of aromatic carboxylic acids is 1. The number of carbonyl (C=O) groups is 2. The highest BCUT2D eigenvalue weighted by Gasteiger charge is 2.09. The van der Waals surface area contributed by atoms with E-state index >= 15 is 0 Å². The Morgan fingerprint density at radius 3 is 2.69 bits per heavy atom. The van der Waals surface area contributed by atoms with Crippen molar-refractivity contribution in [3.8, 4) is 0 Å². The maximum Gasteiger partial charge on any atom is 0.336 e. The van der Waals surface area contributed by atoms with Crippen LogP contribution in [0.25, 0.3) is 0 Å². The molecule has 0 unspecified atom stereocenters. The van der Waals surface area contributed by atoms with Crippen molar-refractivity contribution < 1.29 is 19.4 Å². The normalized spacial score (nSPS) is 9.81. The third kappa shape index (κ3) is 3.36. The molecule has 1 amide bonds. The largest absolute Gasteiger partial charge is 0.478 e. The quantitative estimate of drug-likeness (QED) is 0.768. The summed E-state index contributed by atoms with van der Waals surface area (Å²) in [6.07, 6.45) is 0. The van der Waals surface area contributed by atoms with E-state index in [-0.39, 0.29) is 24.6 Å². The number of amides is 1. The van der Waals surface area contributed by atoms with Crippen LogP contribution in [0.2, 0.25) is 0 Å². The average molecular weight is 223 g/mol. The molecule has 0 fully saturated rings. The Hall–Kier alpha value is -1.88. The van der Waals surface area contributed by atoms with Crippen molar-refractivity contribution in [3.63, 3.8) is 0 Å². The van der Waals surface area contributed by atoms with Crippen LogP contribution in [-0.4, -0.2) is 30.7 Å². The van der Waals surface area contributed by atoms with Crippen LogP contribution in [0.4, 0.5) is 0 Å². The number of rotatable bonds is 5. The van der Waals surface area contributed by atoms with E-state index in [1.165, 1.54) is 13.2 Å². The lowest BCUT2D eigenvalue weighted by Gasteiger charge is -2.07. The number of hydrogen-bond acceptors (Lipinski definition) is 3. The number of nitrogens with one attached hydrogen (secondary N) is 1. The monoisotopic (exact) mass is 223 g/mol. The smallest absolute Gasteiger partial charge is 0.336 e. The standard InChI is InChI=1S/C11H13NO4/c1-16-7-10(13)12-6-8-4-2-3-5-9(8)11(14)15/h2-5H,6-7H2,1H3,(H,12,13)(H,14,15). The van der Waals surface area contributed by atoms with Crippen molar-refractivity contribution in [3.05, 3.63) is 35.4 Å². The van der Waals surface area contributed by atoms with Gasteiger partial charge in [0.05, 0.1) is 5.56 Å². The molecule has 0 saturated heterocycles. The summed E-state index contributed by atoms with van der Waals surface area (Å²) in [6.45, 7) is 0.153. The van der Waals surface area contributed by atoms with Crippen molar-refractivity contribution >= 4 is 11.9 Å². The minimum absolute atomic E-state index is 0.0325. The second kappa shape index (κ2) is 5.87. The summed E-state index contributed by atoms with van der Waals surface area (Å²) in [5.41, 5.74) is 0.764. The highest BCUT2D eigenvalue weighted by molar-refractivity contribution is 5.89. The summed E-state index contributed by atoms with van der Waals surface area (Å²) >= 11 is 0. The summed E-state index contributed by atoms with van der Waals surface area (Å²) in [6, 6.07) is 6.53. The molecule has 1 rings (SSSR count). The second-order valence-electron chi connectivity index (χ2n) is 3.17. The summed E-state index contributed by atoms with van der Waals surface area (Å²) in [4.78, 5) is 22.0. The van der Waals surface area contributed by atoms with Gasteiger partial charge in [0.15, 0.2) is 0 Å². The predicted octanol–water partition coefficient (Wildman–Crippen LogP) is 0.647. The van der Waals surface area contributed by atoms with Gasteiger partial charge >= 0.3 is 5.97 Å². The minimum Gasteiger partial charge on any atom is -0.478 e. The van der Waals surface area contributed by atoms with E-state index in [0.717, 1.165) is 0 Å². The first-order chi connectivity index (χ1) is 7.65. The van der Waals surface area contributed by atoms with Crippen LogP contribution >= 0.6 is 0 Å². The molecule has 2 N–H and O–H groups in total. The van der Waals surface area contributed by atoms with Gasteiger partial charge in [0.1, 0.15) is 6.61 Å². The van der Waals surface area contributed by atoms with Gasteiger partial charge < -0.3 is 15.2 Å². The summed E-state index contributed by atoms with van der Waals surface area (Å²) in [7, 11) is 1.42. The van der Waals surface area contributed by atoms with Gasteiger partial charge in [-0.15, -0.1) is 0 Å². The van der Waals surface area contributed by atoms with Gasteiger partial charge in [0.25, 0.3) is 0 Å². The highest BCUT2D eigenvalue weighted by Crippen LogP contribution is 2.08. The summed E-state index contributed by atoms with van der Waals surface area (Å²) in [5, 5.41) is 11.5. The molecule has 0 heterocycles. The maximum atomic E-state index is 11.1. The van der Waals surface area contributed by atoms with Gasteiger partial charge in [-0.25, -0.2) is 4.79 Å². The number of ether oxygens (including phenoxy) is 1. The van der Waals surface area contributed by atoms with Crippen LogP contribution in [-0.2, 0) is 16.1 Å². The lowest BCUT2D eigenvalue weighted by molar-refractivity contribution is -0.124. The van der Waals surface area contributed by atoms with E-state index < -0.39 is 5.97 Å². The molecule has 16 heavy (non-hydrogen) atoms. The Bertz CT molecular complexity index is 389. The summed E-state index contributed by atoms with van der Waals surface area (Å²) < 4.78 is 4.64. The van der Waals surface area contributed by atoms with Crippen LogP contribution in [0.5, 0.6) is 0 Å². The zero-order valence-electron chi connectivity index (χ0n) is 8.90. The van der Waals surface area contributed by atoms with Gasteiger partial charge in [-0.05, 0) is 11.6 Å². The lowest BCUT2D eigenvalue weighted by atomic mass is 10.1. The van der Waals surface area contributed by atoms with E-state index in [2.05, 4.69) is 10.1 Å². The van der Waals surface area contributed by atoms with Crippen LogP contribution in [0.15, 0.2) is 24.3 Å². The molecular weight excluding hydrogens is 210 g/mol. The van der Waals surface area contributed by atoms with Crippen LogP contribution in [0.1, 0.15) is 15.9 Å². The molecule has 0 aliphatic rings. The van der Waals surface area contributed by atoms with Crippen LogP contribution in [0, 0.1) is 0 Å². The molecule has 1 aromatic rings. The van der Waals surface area contributed by atoms with Gasteiger partial charge in [-0.1, -0.05) is 18.2 Å². The third-order valence-electron chi connectivity index (χ3n) is 2.00. The second-order valence-corrected chi connectivity index (χ2v) is 3.17. The first-order valence-electron chi connectivity index (χ1n) is 4.72. The molecule has 86 valence electrons. The number of methoxy groups -OCH3 is 1. The maximum absolute atomic E-state index is 11.1. The third-order valence-corrected chi connectivity index (χ3v) is 2.00. The Morgan fingerprint density at radius 2 is 2.06 bits per heavy atom. The number of hydrogen-bond donors (Lipinski definition) is 2. The van der Waals surface area contributed by atoms with E-state index in [9.17, 15) is 9.59 Å². The Kier molecular flexibility index (Phi) is 4.47. The van der Waals surface area contributed by atoms with Crippen molar-refractivity contribution in [2.75, 3.05) is 13.7 Å². The first-order valence-corrected chi connectivity index (χ1v) is 4.72. The SMILES string of the molecule is COCC(=O)NCc1ccccc1C(=O)O. The molecule has 0 radical (unpaired) electrons. The molecule has 5 nitrogen and oxygen atoms in total. The zero-order valence-corrected chi connectivity index (χ0v) is 8.90. The molecule has 0 aliphatic heterocycles. The van der Waals surface area contributed by atoms with Crippen LogP contribution in [0.3, 0.4) is 0 Å². The van der Waals surface area contributed by atoms with Gasteiger partial charge in [-0.3, -0.25) is 4.79 Å². The van der Waals surface area contributed by atoms with E-state index in [0.29, 0.717) is 5.56 Å². The molecule has 0 aromatic heterocycles. The fourth-order valence-corrected chi connectivity index (χ4v) is 1.26. The fourth-order valence-electron chi connectivity index (χ4n) is 1.26. The van der Waals surface area contributed by atoms with Gasteiger partial charge in [0, 0.05) is 13.7 Å². The molecule has 0 bridgehead atoms. The number of carboxylic acid groups (broad SMARTS) is 1. The Labute approximate surface area is 93.0 Å². The number of carbonyl (C=O) groups excluding carboxylic acids is 1. The lowest BCUT2D eigenvalue weighted by Crippen LogP contribution is -2.27. The van der Waals surface area contributed by atoms with Crippen molar-refractivity contribution in [2.45, 2.75) is 6.54 Å². The molecule has 0 spiro atoms. The Morgan fingerprint density at radius 1 is 1.38 bits per heavy atom. The molecule has 1 aromatic carbocycles. The Balaban J connectivity index is 2.66. The van der Waals surface area contributed by atoms with Crippen LogP contribution < -0.4 is 5.32 Å². The molecular formula is C11H13NO4. The molecule has 0 saturated carbocycles. The van der Waals surface area contributed by atoms with Crippen molar-refractivity contribution in [1.29, 1.82) is 0 Å². The predicted molar refractivity (Wildman–Crippen MR) is 57.1 cm³/mol. The fraction of sp³-hybridized carbons (Fsp3) is 0.273. The zero-order chi connectivity index (χ0) is 12.0. The van der Waals surface area contributed by atoms with Crippen molar-refractivity contribution in [1.82, 2.24) is 5.32 Å². The number of benzene rings is 1. The van der Waals surface area contributed by atoms with Crippen molar-refractivity contribution in [2.24, 2.45) is 0 Å². The van der Waals surface area contributed by atoms with E-state index in [4.69, 9.17) is 5.11 Å².